The van der Waals surface area contributed by atoms with Gasteiger partial charge in [0.1, 0.15) is 6.54 Å². The Balaban J connectivity index is 1.78. The average Bonchev–Trinajstić information content (AvgIpc) is 2.60. The maximum absolute atomic E-state index is 12.0. The number of amides is 2. The molecule has 126 valence electrons. The summed E-state index contributed by atoms with van der Waals surface area (Å²) >= 11 is 0. The Morgan fingerprint density at radius 3 is 2.25 bits per heavy atom. The SMILES string of the molecule is CNC(=O)c1ccc(C[NH+](C)CC(=O)NCc2ccccc2)cc1. The summed E-state index contributed by atoms with van der Waals surface area (Å²) < 4.78 is 0. The van der Waals surface area contributed by atoms with Crippen LogP contribution in [0.3, 0.4) is 0 Å². The highest BCUT2D eigenvalue weighted by Crippen LogP contribution is 2.03. The van der Waals surface area contributed by atoms with Gasteiger partial charge in [-0.15, -0.1) is 0 Å². The smallest absolute Gasteiger partial charge is 0.275 e. The summed E-state index contributed by atoms with van der Waals surface area (Å²) in [6, 6.07) is 17.3. The number of nitrogens with one attached hydrogen (secondary N) is 3. The van der Waals surface area contributed by atoms with Gasteiger partial charge in [-0.1, -0.05) is 42.5 Å². The van der Waals surface area contributed by atoms with Crippen LogP contribution in [0.1, 0.15) is 21.5 Å². The highest BCUT2D eigenvalue weighted by atomic mass is 16.2. The van der Waals surface area contributed by atoms with E-state index in [1.54, 1.807) is 19.2 Å². The summed E-state index contributed by atoms with van der Waals surface area (Å²) in [4.78, 5) is 24.6. The highest BCUT2D eigenvalue weighted by Gasteiger charge is 2.11. The monoisotopic (exact) mass is 326 g/mol. The number of hydrogen-bond acceptors (Lipinski definition) is 2. The predicted octanol–water partition coefficient (Wildman–Crippen LogP) is 0.377. The lowest BCUT2D eigenvalue weighted by Crippen LogP contribution is -3.08. The molecule has 1 atom stereocenters. The lowest BCUT2D eigenvalue weighted by Gasteiger charge is -2.14. The number of benzene rings is 2. The molecular weight excluding hydrogens is 302 g/mol. The van der Waals surface area contributed by atoms with Crippen LogP contribution in [0.2, 0.25) is 0 Å². The number of carbonyl (C=O) groups is 2. The van der Waals surface area contributed by atoms with Crippen LogP contribution < -0.4 is 15.5 Å². The maximum Gasteiger partial charge on any atom is 0.275 e. The molecule has 2 aromatic carbocycles. The molecule has 0 aliphatic heterocycles. The number of hydrogen-bond donors (Lipinski definition) is 3. The van der Waals surface area contributed by atoms with Crippen LogP contribution in [0.25, 0.3) is 0 Å². The van der Waals surface area contributed by atoms with Crippen molar-refractivity contribution >= 4 is 11.8 Å². The van der Waals surface area contributed by atoms with Gasteiger partial charge in [-0.05, 0) is 17.7 Å². The zero-order valence-corrected chi connectivity index (χ0v) is 14.1. The first-order valence-corrected chi connectivity index (χ1v) is 8.01. The van der Waals surface area contributed by atoms with E-state index in [0.717, 1.165) is 22.6 Å². The van der Waals surface area contributed by atoms with Crippen LogP contribution in [0.4, 0.5) is 0 Å². The van der Waals surface area contributed by atoms with E-state index in [1.165, 1.54) is 0 Å². The minimum atomic E-state index is -0.0949. The van der Waals surface area contributed by atoms with E-state index < -0.39 is 0 Å². The number of quaternary nitrogens is 1. The van der Waals surface area contributed by atoms with Gasteiger partial charge in [0.05, 0.1) is 7.05 Å². The standard InChI is InChI=1S/C19H23N3O2/c1-20-19(24)17-10-8-16(9-11-17)13-22(2)14-18(23)21-12-15-6-4-3-5-7-15/h3-11H,12-14H2,1-2H3,(H,20,24)(H,21,23)/p+1. The summed E-state index contributed by atoms with van der Waals surface area (Å²) in [7, 11) is 3.59. The van der Waals surface area contributed by atoms with E-state index in [0.29, 0.717) is 18.7 Å². The molecule has 3 N–H and O–H groups in total. The van der Waals surface area contributed by atoms with Crippen molar-refractivity contribution < 1.29 is 14.5 Å². The molecule has 2 rings (SSSR count). The second-order valence-corrected chi connectivity index (χ2v) is 5.85. The molecular formula is C19H24N3O2+. The average molecular weight is 326 g/mol. The maximum atomic E-state index is 12.0. The van der Waals surface area contributed by atoms with Crippen molar-refractivity contribution in [2.75, 3.05) is 20.6 Å². The summed E-state index contributed by atoms with van der Waals surface area (Å²) in [6.45, 7) is 1.69. The van der Waals surface area contributed by atoms with E-state index in [-0.39, 0.29) is 11.8 Å². The summed E-state index contributed by atoms with van der Waals surface area (Å²) in [6.07, 6.45) is 0. The van der Waals surface area contributed by atoms with Crippen LogP contribution >= 0.6 is 0 Å². The number of likely N-dealkylation sites (N-methyl/N-ethyl adjacent to an activating group) is 1. The van der Waals surface area contributed by atoms with Gasteiger partial charge < -0.3 is 15.5 Å². The van der Waals surface area contributed by atoms with E-state index in [4.69, 9.17) is 0 Å². The van der Waals surface area contributed by atoms with E-state index >= 15 is 0 Å². The van der Waals surface area contributed by atoms with Gasteiger partial charge in [-0.3, -0.25) is 9.59 Å². The fourth-order valence-electron chi connectivity index (χ4n) is 2.46. The zero-order valence-electron chi connectivity index (χ0n) is 14.1. The molecule has 0 spiro atoms. The van der Waals surface area contributed by atoms with Gasteiger partial charge in [-0.2, -0.15) is 0 Å². The van der Waals surface area contributed by atoms with Gasteiger partial charge in [0.25, 0.3) is 11.8 Å². The second-order valence-electron chi connectivity index (χ2n) is 5.85. The van der Waals surface area contributed by atoms with Crippen molar-refractivity contribution in [1.29, 1.82) is 0 Å². The van der Waals surface area contributed by atoms with Crippen LogP contribution in [0.15, 0.2) is 54.6 Å². The third-order valence-corrected chi connectivity index (χ3v) is 3.74. The highest BCUT2D eigenvalue weighted by molar-refractivity contribution is 5.93. The first kappa shape index (κ1) is 17.7. The van der Waals surface area contributed by atoms with Crippen LogP contribution in [-0.2, 0) is 17.9 Å². The minimum absolute atomic E-state index is 0.0262. The van der Waals surface area contributed by atoms with Crippen molar-refractivity contribution in [3.05, 3.63) is 71.3 Å². The molecule has 2 amide bonds. The molecule has 1 unspecified atom stereocenters. The van der Waals surface area contributed by atoms with Crippen molar-refractivity contribution in [2.24, 2.45) is 0 Å². The van der Waals surface area contributed by atoms with Crippen LogP contribution in [-0.4, -0.2) is 32.5 Å². The Bertz CT molecular complexity index is 669. The predicted molar refractivity (Wildman–Crippen MR) is 93.6 cm³/mol. The van der Waals surface area contributed by atoms with Gasteiger partial charge in [-0.25, -0.2) is 0 Å². The zero-order chi connectivity index (χ0) is 17.4. The molecule has 0 heterocycles. The van der Waals surface area contributed by atoms with Gasteiger partial charge in [0.15, 0.2) is 6.54 Å². The Labute approximate surface area is 142 Å². The van der Waals surface area contributed by atoms with Gasteiger partial charge in [0.2, 0.25) is 0 Å². The fraction of sp³-hybridized carbons (Fsp3) is 0.263. The first-order chi connectivity index (χ1) is 11.6. The summed E-state index contributed by atoms with van der Waals surface area (Å²) in [5.41, 5.74) is 2.82. The lowest BCUT2D eigenvalue weighted by atomic mass is 10.1. The summed E-state index contributed by atoms with van der Waals surface area (Å²) in [5.74, 6) is -0.0686. The molecule has 0 aliphatic rings. The molecule has 0 aromatic heterocycles. The van der Waals surface area contributed by atoms with Crippen molar-refractivity contribution in [3.8, 4) is 0 Å². The van der Waals surface area contributed by atoms with Crippen LogP contribution in [0.5, 0.6) is 0 Å². The quantitative estimate of drug-likeness (QED) is 0.689. The van der Waals surface area contributed by atoms with E-state index in [9.17, 15) is 9.59 Å². The van der Waals surface area contributed by atoms with Gasteiger partial charge in [0, 0.05) is 24.7 Å². The molecule has 0 bridgehead atoms. The third kappa shape index (κ3) is 5.52. The molecule has 5 heteroatoms. The normalized spacial score (nSPS) is 11.6. The Kier molecular flexibility index (Phi) is 6.51. The molecule has 0 radical (unpaired) electrons. The van der Waals surface area contributed by atoms with E-state index in [1.807, 2.05) is 49.5 Å². The Hall–Kier alpha value is -2.66. The van der Waals surface area contributed by atoms with Crippen molar-refractivity contribution in [3.63, 3.8) is 0 Å². The van der Waals surface area contributed by atoms with E-state index in [2.05, 4.69) is 10.6 Å². The third-order valence-electron chi connectivity index (χ3n) is 3.74. The lowest BCUT2D eigenvalue weighted by molar-refractivity contribution is -0.885. The molecule has 5 nitrogen and oxygen atoms in total. The molecule has 24 heavy (non-hydrogen) atoms. The molecule has 0 fully saturated rings. The molecule has 0 aliphatic carbocycles. The number of rotatable bonds is 7. The second kappa shape index (κ2) is 8.84. The Morgan fingerprint density at radius 2 is 1.62 bits per heavy atom. The van der Waals surface area contributed by atoms with Crippen molar-refractivity contribution in [2.45, 2.75) is 13.1 Å². The molecule has 2 aromatic rings. The van der Waals surface area contributed by atoms with Gasteiger partial charge >= 0.3 is 0 Å². The molecule has 0 saturated heterocycles. The first-order valence-electron chi connectivity index (χ1n) is 8.01. The number of carbonyl (C=O) groups excluding carboxylic acids is 2. The molecule has 0 saturated carbocycles. The largest absolute Gasteiger partial charge is 0.355 e. The Morgan fingerprint density at radius 1 is 0.958 bits per heavy atom. The fourth-order valence-corrected chi connectivity index (χ4v) is 2.46. The summed E-state index contributed by atoms with van der Waals surface area (Å²) in [5, 5.41) is 5.53. The van der Waals surface area contributed by atoms with Crippen LogP contribution in [0, 0.1) is 0 Å². The topological polar surface area (TPSA) is 62.6 Å². The van der Waals surface area contributed by atoms with Crippen molar-refractivity contribution in [1.82, 2.24) is 10.6 Å². The minimum Gasteiger partial charge on any atom is -0.355 e.